The summed E-state index contributed by atoms with van der Waals surface area (Å²) in [6, 6.07) is 15.7. The largest absolute Gasteiger partial charge is 0.465 e. The lowest BCUT2D eigenvalue weighted by molar-refractivity contribution is 0.0600. The molecule has 0 fully saturated rings. The third-order valence-corrected chi connectivity index (χ3v) is 3.36. The van der Waals surface area contributed by atoms with Gasteiger partial charge in [0.2, 0.25) is 5.76 Å². The zero-order valence-corrected chi connectivity index (χ0v) is 12.9. The van der Waals surface area contributed by atoms with E-state index >= 15 is 0 Å². The number of rotatable bonds is 4. The van der Waals surface area contributed by atoms with Gasteiger partial charge in [-0.2, -0.15) is 0 Å². The molecule has 0 radical (unpaired) electrons. The number of amides is 1. The molecule has 6 heteroatoms. The number of benzene rings is 2. The highest BCUT2D eigenvalue weighted by molar-refractivity contribution is 6.06. The number of methoxy groups -OCH3 is 1. The average Bonchev–Trinajstić information content (AvgIpc) is 3.12. The first-order valence-corrected chi connectivity index (χ1v) is 7.17. The summed E-state index contributed by atoms with van der Waals surface area (Å²) >= 11 is 0. The number of aromatic nitrogens is 1. The Morgan fingerprint density at radius 2 is 1.88 bits per heavy atom. The molecule has 0 aliphatic rings. The molecule has 1 heterocycles. The molecule has 1 amide bonds. The van der Waals surface area contributed by atoms with Gasteiger partial charge in [0.1, 0.15) is 5.69 Å². The van der Waals surface area contributed by atoms with Crippen LogP contribution in [0.5, 0.6) is 0 Å². The number of hydrogen-bond donors (Lipinski definition) is 1. The summed E-state index contributed by atoms with van der Waals surface area (Å²) in [6.07, 6.45) is 1.22. The fourth-order valence-corrected chi connectivity index (χ4v) is 2.24. The van der Waals surface area contributed by atoms with Gasteiger partial charge in [-0.15, -0.1) is 0 Å². The van der Waals surface area contributed by atoms with E-state index in [1.165, 1.54) is 19.6 Å². The monoisotopic (exact) mass is 322 g/mol. The van der Waals surface area contributed by atoms with E-state index in [0.29, 0.717) is 16.9 Å². The topological polar surface area (TPSA) is 81.4 Å². The molecule has 6 nitrogen and oxygen atoms in total. The smallest absolute Gasteiger partial charge is 0.337 e. The molecule has 1 N–H and O–H groups in total. The molecule has 0 aliphatic carbocycles. The Kier molecular flexibility index (Phi) is 4.38. The van der Waals surface area contributed by atoms with Crippen LogP contribution >= 0.6 is 0 Å². The van der Waals surface area contributed by atoms with Crippen molar-refractivity contribution in [1.29, 1.82) is 0 Å². The van der Waals surface area contributed by atoms with Crippen LogP contribution in [0.4, 0.5) is 5.69 Å². The summed E-state index contributed by atoms with van der Waals surface area (Å²) in [5.41, 5.74) is 2.03. The first-order chi connectivity index (χ1) is 11.7. The number of oxazole rings is 1. The maximum Gasteiger partial charge on any atom is 0.337 e. The summed E-state index contributed by atoms with van der Waals surface area (Å²) in [6.45, 7) is 0. The van der Waals surface area contributed by atoms with Gasteiger partial charge in [-0.3, -0.25) is 4.79 Å². The summed E-state index contributed by atoms with van der Waals surface area (Å²) < 4.78 is 9.90. The lowest BCUT2D eigenvalue weighted by Gasteiger charge is -2.06. The summed E-state index contributed by atoms with van der Waals surface area (Å²) in [4.78, 5) is 28.1. The highest BCUT2D eigenvalue weighted by Crippen LogP contribution is 2.23. The Hall–Kier alpha value is -3.41. The van der Waals surface area contributed by atoms with E-state index in [1.54, 1.807) is 18.2 Å². The zero-order valence-electron chi connectivity index (χ0n) is 12.9. The fourth-order valence-electron chi connectivity index (χ4n) is 2.24. The van der Waals surface area contributed by atoms with Crippen molar-refractivity contribution in [1.82, 2.24) is 4.98 Å². The third-order valence-electron chi connectivity index (χ3n) is 3.36. The van der Waals surface area contributed by atoms with Crippen molar-refractivity contribution in [3.8, 4) is 11.3 Å². The SMILES string of the molecule is COC(=O)c1cccc(NC(=O)c2ocnc2-c2ccccc2)c1. The first-order valence-electron chi connectivity index (χ1n) is 7.17. The quantitative estimate of drug-likeness (QED) is 0.745. The highest BCUT2D eigenvalue weighted by Gasteiger charge is 2.19. The number of carbonyl (C=O) groups excluding carboxylic acids is 2. The van der Waals surface area contributed by atoms with Crippen LogP contribution in [0.3, 0.4) is 0 Å². The summed E-state index contributed by atoms with van der Waals surface area (Å²) in [5, 5.41) is 2.69. The molecule has 0 unspecified atom stereocenters. The minimum absolute atomic E-state index is 0.102. The van der Waals surface area contributed by atoms with Crippen molar-refractivity contribution in [3.63, 3.8) is 0 Å². The van der Waals surface area contributed by atoms with E-state index in [9.17, 15) is 9.59 Å². The van der Waals surface area contributed by atoms with E-state index in [4.69, 9.17) is 4.42 Å². The molecule has 0 aliphatic heterocycles. The van der Waals surface area contributed by atoms with Crippen molar-refractivity contribution >= 4 is 17.6 Å². The predicted octanol–water partition coefficient (Wildman–Crippen LogP) is 3.38. The molecule has 0 bridgehead atoms. The van der Waals surface area contributed by atoms with E-state index in [1.807, 2.05) is 30.3 Å². The number of nitrogens with one attached hydrogen (secondary N) is 1. The standard InChI is InChI=1S/C18H14N2O4/c1-23-18(22)13-8-5-9-14(10-13)20-17(21)16-15(19-11-24-16)12-6-3-2-4-7-12/h2-11H,1H3,(H,20,21). The van der Waals surface area contributed by atoms with Crippen LogP contribution in [-0.2, 0) is 4.74 Å². The van der Waals surface area contributed by atoms with Gasteiger partial charge in [0, 0.05) is 11.3 Å². The number of nitrogens with zero attached hydrogens (tertiary/aromatic N) is 1. The summed E-state index contributed by atoms with van der Waals surface area (Å²) in [7, 11) is 1.30. The molecule has 120 valence electrons. The van der Waals surface area contributed by atoms with Crippen molar-refractivity contribution < 1.29 is 18.7 Å². The van der Waals surface area contributed by atoms with Gasteiger partial charge in [-0.1, -0.05) is 36.4 Å². The van der Waals surface area contributed by atoms with E-state index in [2.05, 4.69) is 15.0 Å². The van der Waals surface area contributed by atoms with Gasteiger partial charge in [0.25, 0.3) is 5.91 Å². The van der Waals surface area contributed by atoms with Crippen LogP contribution in [0.15, 0.2) is 65.4 Å². The third kappa shape index (κ3) is 3.17. The number of anilines is 1. The normalized spacial score (nSPS) is 10.2. The molecular formula is C18H14N2O4. The zero-order chi connectivity index (χ0) is 16.9. The Morgan fingerprint density at radius 3 is 2.62 bits per heavy atom. The van der Waals surface area contributed by atoms with Crippen molar-refractivity contribution in [2.75, 3.05) is 12.4 Å². The number of carbonyl (C=O) groups is 2. The molecular weight excluding hydrogens is 308 g/mol. The van der Waals surface area contributed by atoms with Gasteiger partial charge >= 0.3 is 5.97 Å². The van der Waals surface area contributed by atoms with Crippen molar-refractivity contribution in [2.24, 2.45) is 0 Å². The molecule has 24 heavy (non-hydrogen) atoms. The second-order valence-electron chi connectivity index (χ2n) is 4.92. The minimum atomic E-state index is -0.476. The van der Waals surface area contributed by atoms with Crippen molar-refractivity contribution in [3.05, 3.63) is 72.3 Å². The number of esters is 1. The van der Waals surface area contributed by atoms with Gasteiger partial charge in [0.05, 0.1) is 12.7 Å². The predicted molar refractivity (Wildman–Crippen MR) is 87.7 cm³/mol. The first kappa shape index (κ1) is 15.5. The molecule has 3 aromatic rings. The van der Waals surface area contributed by atoms with E-state index in [0.717, 1.165) is 5.56 Å². The summed E-state index contributed by atoms with van der Waals surface area (Å²) in [5.74, 6) is -0.825. The van der Waals surface area contributed by atoms with E-state index < -0.39 is 11.9 Å². The maximum absolute atomic E-state index is 12.5. The van der Waals surface area contributed by atoms with Crippen molar-refractivity contribution in [2.45, 2.75) is 0 Å². The van der Waals surface area contributed by atoms with Crippen LogP contribution in [0.1, 0.15) is 20.9 Å². The second kappa shape index (κ2) is 6.78. The fraction of sp³-hybridized carbons (Fsp3) is 0.0556. The average molecular weight is 322 g/mol. The highest BCUT2D eigenvalue weighted by atomic mass is 16.5. The Bertz CT molecular complexity index is 871. The lowest BCUT2D eigenvalue weighted by Crippen LogP contribution is -2.13. The van der Waals surface area contributed by atoms with Gasteiger partial charge in [-0.05, 0) is 18.2 Å². The van der Waals surface area contributed by atoms with E-state index in [-0.39, 0.29) is 5.76 Å². The number of hydrogen-bond acceptors (Lipinski definition) is 5. The molecule has 0 saturated carbocycles. The van der Waals surface area contributed by atoms with Crippen LogP contribution < -0.4 is 5.32 Å². The minimum Gasteiger partial charge on any atom is -0.465 e. The molecule has 1 aromatic heterocycles. The molecule has 0 saturated heterocycles. The van der Waals surface area contributed by atoms with Gasteiger partial charge in [0.15, 0.2) is 6.39 Å². The molecule has 0 spiro atoms. The Balaban J connectivity index is 1.84. The van der Waals surface area contributed by atoms with Gasteiger partial charge < -0.3 is 14.5 Å². The second-order valence-corrected chi connectivity index (χ2v) is 4.92. The number of ether oxygens (including phenoxy) is 1. The van der Waals surface area contributed by atoms with Crippen LogP contribution in [-0.4, -0.2) is 24.0 Å². The molecule has 0 atom stereocenters. The molecule has 3 rings (SSSR count). The van der Waals surface area contributed by atoms with Crippen LogP contribution in [0.25, 0.3) is 11.3 Å². The lowest BCUT2D eigenvalue weighted by atomic mass is 10.1. The van der Waals surface area contributed by atoms with Gasteiger partial charge in [-0.25, -0.2) is 9.78 Å². The Morgan fingerprint density at radius 1 is 1.08 bits per heavy atom. The molecule has 2 aromatic carbocycles. The Labute approximate surface area is 138 Å². The maximum atomic E-state index is 12.5. The van der Waals surface area contributed by atoms with Crippen LogP contribution in [0, 0.1) is 0 Å². The van der Waals surface area contributed by atoms with Crippen LogP contribution in [0.2, 0.25) is 0 Å².